The molecular weight excluding hydrogens is 226 g/mol. The van der Waals surface area contributed by atoms with Crippen LogP contribution in [0.5, 0.6) is 0 Å². The topological polar surface area (TPSA) is 58.4 Å². The fraction of sp³-hybridized carbons (Fsp3) is 0.929. The molecule has 4 fully saturated rings. The zero-order valence-electron chi connectivity index (χ0n) is 11.3. The Bertz CT molecular complexity index is 303. The van der Waals surface area contributed by atoms with E-state index in [1.54, 1.807) is 0 Å². The van der Waals surface area contributed by atoms with Crippen molar-refractivity contribution < 1.29 is 4.79 Å². The van der Waals surface area contributed by atoms with Gasteiger partial charge in [0, 0.05) is 26.2 Å². The maximum atomic E-state index is 12.1. The highest BCUT2D eigenvalue weighted by Gasteiger charge is 2.50. The molecule has 0 spiro atoms. The highest BCUT2D eigenvalue weighted by Crippen LogP contribution is 2.54. The van der Waals surface area contributed by atoms with Gasteiger partial charge in [0.1, 0.15) is 0 Å². The quantitative estimate of drug-likeness (QED) is 0.797. The molecule has 0 aromatic carbocycles. The normalized spacial score (nSPS) is 40.9. The molecule has 4 heteroatoms. The van der Waals surface area contributed by atoms with Gasteiger partial charge in [-0.2, -0.15) is 0 Å². The highest BCUT2D eigenvalue weighted by molar-refractivity contribution is 5.74. The minimum Gasteiger partial charge on any atom is -0.337 e. The number of hydrogen-bond acceptors (Lipinski definition) is 2. The number of rotatable bonds is 3. The Hall–Kier alpha value is -0.770. The summed E-state index contributed by atoms with van der Waals surface area (Å²) in [5.74, 6) is 3.44. The minimum atomic E-state index is 0.0675. The fourth-order valence-corrected chi connectivity index (χ4v) is 4.97. The third-order valence-corrected chi connectivity index (χ3v) is 5.37. The van der Waals surface area contributed by atoms with Gasteiger partial charge in [-0.3, -0.25) is 0 Å². The molecule has 4 saturated carbocycles. The summed E-state index contributed by atoms with van der Waals surface area (Å²) < 4.78 is 0. The van der Waals surface area contributed by atoms with Crippen LogP contribution in [-0.2, 0) is 0 Å². The van der Waals surface area contributed by atoms with Crippen molar-refractivity contribution in [3.8, 4) is 0 Å². The second-order valence-corrected chi connectivity index (χ2v) is 6.55. The summed E-state index contributed by atoms with van der Waals surface area (Å²) in [6, 6.07) is 0.550. The standard InChI is InChI=1S/C14H25N3O/c1-17(14(18)16-3-2-15)13-11-5-9-4-10(7-11)8-12(13)6-9/h9-13H,2-8,15H2,1H3,(H,16,18). The van der Waals surface area contributed by atoms with Crippen LogP contribution in [0.2, 0.25) is 0 Å². The predicted molar refractivity (Wildman–Crippen MR) is 71.0 cm³/mol. The van der Waals surface area contributed by atoms with Crippen molar-refractivity contribution >= 4 is 6.03 Å². The Morgan fingerprint density at radius 3 is 2.22 bits per heavy atom. The number of nitrogens with zero attached hydrogens (tertiary/aromatic N) is 1. The molecule has 102 valence electrons. The van der Waals surface area contributed by atoms with E-state index in [1.165, 1.54) is 32.1 Å². The van der Waals surface area contributed by atoms with Crippen molar-refractivity contribution in [2.45, 2.75) is 38.1 Å². The third kappa shape index (κ3) is 2.00. The summed E-state index contributed by atoms with van der Waals surface area (Å²) in [4.78, 5) is 14.1. The molecule has 0 aromatic heterocycles. The van der Waals surface area contributed by atoms with Gasteiger partial charge in [-0.25, -0.2) is 4.79 Å². The maximum Gasteiger partial charge on any atom is 0.317 e. The van der Waals surface area contributed by atoms with Crippen LogP contribution >= 0.6 is 0 Å². The monoisotopic (exact) mass is 251 g/mol. The first-order chi connectivity index (χ1) is 8.69. The Labute approximate surface area is 109 Å². The zero-order chi connectivity index (χ0) is 12.7. The van der Waals surface area contributed by atoms with E-state index in [4.69, 9.17) is 5.73 Å². The van der Waals surface area contributed by atoms with E-state index < -0.39 is 0 Å². The van der Waals surface area contributed by atoms with Crippen molar-refractivity contribution in [2.75, 3.05) is 20.1 Å². The molecular formula is C14H25N3O. The first-order valence-corrected chi connectivity index (χ1v) is 7.39. The van der Waals surface area contributed by atoms with E-state index in [-0.39, 0.29) is 6.03 Å². The van der Waals surface area contributed by atoms with Gasteiger partial charge in [0.25, 0.3) is 0 Å². The van der Waals surface area contributed by atoms with Gasteiger partial charge in [0.2, 0.25) is 0 Å². The Morgan fingerprint density at radius 2 is 1.72 bits per heavy atom. The Balaban J connectivity index is 1.67. The van der Waals surface area contributed by atoms with Gasteiger partial charge < -0.3 is 16.0 Å². The Morgan fingerprint density at radius 1 is 1.17 bits per heavy atom. The molecule has 4 nitrogen and oxygen atoms in total. The van der Waals surface area contributed by atoms with Crippen molar-refractivity contribution in [2.24, 2.45) is 29.4 Å². The first-order valence-electron chi connectivity index (χ1n) is 7.39. The summed E-state index contributed by atoms with van der Waals surface area (Å²) in [6.45, 7) is 1.09. The molecule has 4 rings (SSSR count). The van der Waals surface area contributed by atoms with Gasteiger partial charge in [0.05, 0.1) is 0 Å². The molecule has 2 amide bonds. The van der Waals surface area contributed by atoms with E-state index in [0.717, 1.165) is 23.7 Å². The number of nitrogens with two attached hydrogens (primary N) is 1. The average molecular weight is 251 g/mol. The smallest absolute Gasteiger partial charge is 0.317 e. The lowest BCUT2D eigenvalue weighted by Gasteiger charge is -2.56. The van der Waals surface area contributed by atoms with Crippen molar-refractivity contribution in [3.05, 3.63) is 0 Å². The molecule has 0 radical (unpaired) electrons. The molecule has 4 bridgehead atoms. The summed E-state index contributed by atoms with van der Waals surface area (Å²) in [5.41, 5.74) is 5.44. The first kappa shape index (κ1) is 12.3. The molecule has 0 aromatic rings. The van der Waals surface area contributed by atoms with Crippen molar-refractivity contribution in [1.29, 1.82) is 0 Å². The average Bonchev–Trinajstić information content (AvgIpc) is 2.34. The molecule has 4 aliphatic rings. The fourth-order valence-electron chi connectivity index (χ4n) is 4.97. The van der Waals surface area contributed by atoms with Gasteiger partial charge in [-0.05, 0) is 55.8 Å². The van der Waals surface area contributed by atoms with Crippen LogP contribution in [0.15, 0.2) is 0 Å². The second kappa shape index (κ2) is 4.72. The van der Waals surface area contributed by atoms with Crippen molar-refractivity contribution in [3.63, 3.8) is 0 Å². The van der Waals surface area contributed by atoms with E-state index in [0.29, 0.717) is 19.1 Å². The predicted octanol–water partition coefficient (Wildman–Crippen LogP) is 1.41. The molecule has 0 atom stereocenters. The SMILES string of the molecule is CN(C(=O)NCCN)C1C2CC3CC(C2)CC1C3. The molecule has 3 N–H and O–H groups in total. The van der Waals surface area contributed by atoms with Crippen molar-refractivity contribution in [1.82, 2.24) is 10.2 Å². The summed E-state index contributed by atoms with van der Waals surface area (Å²) in [5, 5.41) is 2.90. The van der Waals surface area contributed by atoms with E-state index in [2.05, 4.69) is 5.32 Å². The molecule has 18 heavy (non-hydrogen) atoms. The van der Waals surface area contributed by atoms with E-state index >= 15 is 0 Å². The van der Waals surface area contributed by atoms with Gasteiger partial charge in [-0.15, -0.1) is 0 Å². The lowest BCUT2D eigenvalue weighted by atomic mass is 9.54. The van der Waals surface area contributed by atoms with Crippen LogP contribution in [0, 0.1) is 23.7 Å². The third-order valence-electron chi connectivity index (χ3n) is 5.37. The van der Waals surface area contributed by atoms with Crippen LogP contribution in [0.3, 0.4) is 0 Å². The van der Waals surface area contributed by atoms with E-state index in [1.807, 2.05) is 11.9 Å². The molecule has 0 heterocycles. The number of nitrogens with one attached hydrogen (secondary N) is 1. The molecule has 0 unspecified atom stereocenters. The number of carbonyl (C=O) groups excluding carboxylic acids is 1. The van der Waals surface area contributed by atoms with Gasteiger partial charge >= 0.3 is 6.03 Å². The summed E-state index contributed by atoms with van der Waals surface area (Å²) >= 11 is 0. The lowest BCUT2D eigenvalue weighted by Crippen LogP contribution is -2.58. The highest BCUT2D eigenvalue weighted by atomic mass is 16.2. The zero-order valence-corrected chi connectivity index (χ0v) is 11.3. The van der Waals surface area contributed by atoms with Gasteiger partial charge in [0.15, 0.2) is 0 Å². The molecule has 0 saturated heterocycles. The minimum absolute atomic E-state index is 0.0675. The maximum absolute atomic E-state index is 12.1. The summed E-state index contributed by atoms with van der Waals surface area (Å²) in [6.07, 6.45) is 6.87. The van der Waals surface area contributed by atoms with Crippen LogP contribution < -0.4 is 11.1 Å². The van der Waals surface area contributed by atoms with Crippen LogP contribution in [0.1, 0.15) is 32.1 Å². The second-order valence-electron chi connectivity index (χ2n) is 6.55. The van der Waals surface area contributed by atoms with Crippen LogP contribution in [0.25, 0.3) is 0 Å². The van der Waals surface area contributed by atoms with E-state index in [9.17, 15) is 4.79 Å². The largest absolute Gasteiger partial charge is 0.337 e. The number of urea groups is 1. The molecule has 4 aliphatic carbocycles. The van der Waals surface area contributed by atoms with Gasteiger partial charge in [-0.1, -0.05) is 0 Å². The number of hydrogen-bond donors (Lipinski definition) is 2. The Kier molecular flexibility index (Phi) is 3.22. The van der Waals surface area contributed by atoms with Crippen LogP contribution in [-0.4, -0.2) is 37.1 Å². The van der Waals surface area contributed by atoms with Crippen LogP contribution in [0.4, 0.5) is 4.79 Å². The summed E-state index contributed by atoms with van der Waals surface area (Å²) in [7, 11) is 1.97. The lowest BCUT2D eigenvalue weighted by molar-refractivity contribution is -0.0448. The number of amides is 2. The number of carbonyl (C=O) groups is 1. The molecule has 0 aliphatic heterocycles.